The first-order valence-electron chi connectivity index (χ1n) is 4.24. The average molecular weight is 299 g/mol. The summed E-state index contributed by atoms with van der Waals surface area (Å²) in [5, 5.41) is 10.3. The highest BCUT2D eigenvalue weighted by atomic mass is 32.2. The van der Waals surface area contributed by atoms with Crippen LogP contribution in [0, 0.1) is 15.9 Å². The van der Waals surface area contributed by atoms with Crippen LogP contribution in [-0.2, 0) is 14.4 Å². The lowest BCUT2D eigenvalue weighted by Crippen LogP contribution is -2.09. The summed E-state index contributed by atoms with van der Waals surface area (Å²) < 4.78 is 46.8. The molecule has 0 atom stereocenters. The van der Waals surface area contributed by atoms with Crippen LogP contribution in [0.3, 0.4) is 0 Å². The quantitative estimate of drug-likeness (QED) is 0.473. The van der Waals surface area contributed by atoms with Crippen molar-refractivity contribution in [1.82, 2.24) is 0 Å². The molecule has 100 valence electrons. The highest BCUT2D eigenvalue weighted by Gasteiger charge is 2.29. The Hall–Kier alpha value is -1.35. The van der Waals surface area contributed by atoms with Crippen molar-refractivity contribution in [3.8, 4) is 0 Å². The Balaban J connectivity index is 3.27. The Kier molecular flexibility index (Phi) is 3.86. The predicted octanol–water partition coefficient (Wildman–Crippen LogP) is 0.643. The number of halogens is 1. The summed E-state index contributed by atoms with van der Waals surface area (Å²) in [6.07, 6.45) is 0. The molecule has 1 aromatic rings. The third-order valence-corrected chi connectivity index (χ3v) is 5.51. The fourth-order valence-electron chi connectivity index (χ4n) is 1.15. The third kappa shape index (κ3) is 3.57. The molecule has 1 rings (SSSR count). The summed E-state index contributed by atoms with van der Waals surface area (Å²) in [5.74, 6) is -1.43. The predicted molar refractivity (Wildman–Crippen MR) is 57.2 cm³/mol. The standard InChI is InChI=1S/C7H7FNO7PS/c8-6-3-5(9(10)11)1-2-7(6)18(15,16)4-17(12,13)14/h1-3H,4H2,(H2,12,13,14). The number of non-ortho nitro benzene ring substituents is 1. The van der Waals surface area contributed by atoms with Crippen molar-refractivity contribution < 1.29 is 32.1 Å². The second-order valence-electron chi connectivity index (χ2n) is 3.28. The number of hydrogen-bond donors (Lipinski definition) is 2. The molecule has 11 heteroatoms. The SMILES string of the molecule is O=[N+]([O-])c1ccc(S(=O)(=O)CP(=O)(O)O)c(F)c1. The average Bonchev–Trinajstić information content (AvgIpc) is 2.12. The van der Waals surface area contributed by atoms with Gasteiger partial charge in [0.15, 0.2) is 15.3 Å². The molecule has 0 bridgehead atoms. The minimum atomic E-state index is -4.89. The maximum absolute atomic E-state index is 13.3. The number of nitro benzene ring substituents is 1. The highest BCUT2D eigenvalue weighted by molar-refractivity contribution is 7.97. The second kappa shape index (κ2) is 4.73. The Bertz CT molecular complexity index is 637. The molecule has 0 amide bonds. The van der Waals surface area contributed by atoms with Crippen molar-refractivity contribution >= 4 is 23.1 Å². The molecular weight excluding hydrogens is 292 g/mol. The lowest BCUT2D eigenvalue weighted by atomic mass is 10.3. The van der Waals surface area contributed by atoms with E-state index in [1.54, 1.807) is 0 Å². The Labute approximate surface area is 100 Å². The first kappa shape index (κ1) is 14.7. The van der Waals surface area contributed by atoms with Gasteiger partial charge in [-0.25, -0.2) is 12.8 Å². The van der Waals surface area contributed by atoms with Crippen molar-refractivity contribution in [2.75, 3.05) is 5.49 Å². The Morgan fingerprint density at radius 2 is 1.94 bits per heavy atom. The molecule has 0 fully saturated rings. The zero-order chi connectivity index (χ0) is 14.1. The molecule has 8 nitrogen and oxygen atoms in total. The number of nitrogens with zero attached hydrogens (tertiary/aromatic N) is 1. The molecule has 2 N–H and O–H groups in total. The highest BCUT2D eigenvalue weighted by Crippen LogP contribution is 2.38. The molecule has 0 aliphatic carbocycles. The molecular formula is C7H7FNO7PS. The molecule has 0 saturated heterocycles. The van der Waals surface area contributed by atoms with E-state index >= 15 is 0 Å². The normalized spacial score (nSPS) is 12.4. The van der Waals surface area contributed by atoms with Gasteiger partial charge in [-0.05, 0) is 6.07 Å². The molecule has 0 aliphatic heterocycles. The van der Waals surface area contributed by atoms with Gasteiger partial charge >= 0.3 is 7.60 Å². The largest absolute Gasteiger partial charge is 0.340 e. The summed E-state index contributed by atoms with van der Waals surface area (Å²) in [4.78, 5) is 25.5. The van der Waals surface area contributed by atoms with E-state index in [2.05, 4.69) is 0 Å². The summed E-state index contributed by atoms with van der Waals surface area (Å²) in [7, 11) is -9.44. The van der Waals surface area contributed by atoms with Gasteiger partial charge in [0.2, 0.25) is 0 Å². The van der Waals surface area contributed by atoms with Gasteiger partial charge in [0.05, 0.1) is 11.0 Å². The number of hydrogen-bond acceptors (Lipinski definition) is 5. The van der Waals surface area contributed by atoms with Gasteiger partial charge in [0, 0.05) is 6.07 Å². The molecule has 0 radical (unpaired) electrons. The van der Waals surface area contributed by atoms with E-state index in [9.17, 15) is 27.5 Å². The second-order valence-corrected chi connectivity index (χ2v) is 7.31. The van der Waals surface area contributed by atoms with E-state index in [1.807, 2.05) is 0 Å². The first-order chi connectivity index (χ1) is 8.03. The van der Waals surface area contributed by atoms with Crippen molar-refractivity contribution in [2.24, 2.45) is 0 Å². The smallest absolute Gasteiger partial charge is 0.324 e. The monoisotopic (exact) mass is 299 g/mol. The van der Waals surface area contributed by atoms with Crippen LogP contribution < -0.4 is 0 Å². The summed E-state index contributed by atoms with van der Waals surface area (Å²) in [6, 6.07) is 1.70. The van der Waals surface area contributed by atoms with Crippen LogP contribution in [0.4, 0.5) is 10.1 Å². The van der Waals surface area contributed by atoms with Gasteiger partial charge in [0.1, 0.15) is 10.7 Å². The Morgan fingerprint density at radius 1 is 1.39 bits per heavy atom. The lowest BCUT2D eigenvalue weighted by molar-refractivity contribution is -0.385. The number of sulfone groups is 1. The molecule has 18 heavy (non-hydrogen) atoms. The first-order valence-corrected chi connectivity index (χ1v) is 7.69. The van der Waals surface area contributed by atoms with E-state index in [4.69, 9.17) is 9.79 Å². The third-order valence-electron chi connectivity index (χ3n) is 1.80. The molecule has 0 aliphatic rings. The van der Waals surface area contributed by atoms with Crippen LogP contribution in [0.25, 0.3) is 0 Å². The van der Waals surface area contributed by atoms with Crippen LogP contribution in [0.5, 0.6) is 0 Å². The van der Waals surface area contributed by atoms with Crippen molar-refractivity contribution in [3.05, 3.63) is 34.1 Å². The van der Waals surface area contributed by atoms with Crippen LogP contribution in [0.15, 0.2) is 23.1 Å². The van der Waals surface area contributed by atoms with Crippen LogP contribution in [0.2, 0.25) is 0 Å². The van der Waals surface area contributed by atoms with Crippen molar-refractivity contribution in [1.29, 1.82) is 0 Å². The zero-order valence-electron chi connectivity index (χ0n) is 8.56. The fraction of sp³-hybridized carbons (Fsp3) is 0.143. The van der Waals surface area contributed by atoms with E-state index in [0.717, 1.165) is 6.07 Å². The summed E-state index contributed by atoms with van der Waals surface area (Å²) in [5.41, 5.74) is -2.23. The van der Waals surface area contributed by atoms with Gasteiger partial charge < -0.3 is 9.79 Å². The molecule has 0 unspecified atom stereocenters. The van der Waals surface area contributed by atoms with Gasteiger partial charge in [-0.3, -0.25) is 14.7 Å². The summed E-state index contributed by atoms with van der Waals surface area (Å²) in [6.45, 7) is 0. The topological polar surface area (TPSA) is 135 Å². The minimum Gasteiger partial charge on any atom is -0.324 e. The number of nitro groups is 1. The lowest BCUT2D eigenvalue weighted by Gasteiger charge is -2.06. The molecule has 0 spiro atoms. The van der Waals surface area contributed by atoms with E-state index in [1.165, 1.54) is 0 Å². The minimum absolute atomic E-state index is 0.368. The molecule has 1 aromatic carbocycles. The Morgan fingerprint density at radius 3 is 2.33 bits per heavy atom. The van der Waals surface area contributed by atoms with E-state index in [-0.39, 0.29) is 0 Å². The van der Waals surface area contributed by atoms with E-state index < -0.39 is 44.3 Å². The number of benzene rings is 1. The van der Waals surface area contributed by atoms with Crippen LogP contribution >= 0.6 is 7.60 Å². The maximum Gasteiger partial charge on any atom is 0.340 e. The molecule has 0 heterocycles. The van der Waals surface area contributed by atoms with Crippen molar-refractivity contribution in [3.63, 3.8) is 0 Å². The summed E-state index contributed by atoms with van der Waals surface area (Å²) >= 11 is 0. The van der Waals surface area contributed by atoms with Gasteiger partial charge in [-0.2, -0.15) is 0 Å². The van der Waals surface area contributed by atoms with Gasteiger partial charge in [-0.1, -0.05) is 0 Å². The maximum atomic E-state index is 13.3. The van der Waals surface area contributed by atoms with E-state index in [0.29, 0.717) is 12.1 Å². The van der Waals surface area contributed by atoms with Gasteiger partial charge in [-0.15, -0.1) is 0 Å². The van der Waals surface area contributed by atoms with Crippen molar-refractivity contribution in [2.45, 2.75) is 4.90 Å². The van der Waals surface area contributed by atoms with Crippen LogP contribution in [-0.4, -0.2) is 28.6 Å². The molecule has 0 saturated carbocycles. The zero-order valence-corrected chi connectivity index (χ0v) is 10.3. The number of rotatable bonds is 4. The van der Waals surface area contributed by atoms with Crippen LogP contribution in [0.1, 0.15) is 0 Å². The molecule has 0 aromatic heterocycles. The van der Waals surface area contributed by atoms with Gasteiger partial charge in [0.25, 0.3) is 5.69 Å². The fourth-order valence-corrected chi connectivity index (χ4v) is 4.11.